The highest BCUT2D eigenvalue weighted by Crippen LogP contribution is 2.24. The average Bonchev–Trinajstić information content (AvgIpc) is 2.38. The lowest BCUT2D eigenvalue weighted by Gasteiger charge is -2.13. The molecule has 1 unspecified atom stereocenters. The lowest BCUT2D eigenvalue weighted by atomic mass is 9.96. The smallest absolute Gasteiger partial charge is 0.104 e. The van der Waals surface area contributed by atoms with Crippen LogP contribution in [-0.4, -0.2) is 5.11 Å². The van der Waals surface area contributed by atoms with Gasteiger partial charge in [0.15, 0.2) is 0 Å². The van der Waals surface area contributed by atoms with E-state index in [0.717, 1.165) is 17.5 Å². The molecule has 0 radical (unpaired) electrons. The number of hydrogen-bond donors (Lipinski definition) is 1. The summed E-state index contributed by atoms with van der Waals surface area (Å²) in [7, 11) is 0. The van der Waals surface area contributed by atoms with E-state index in [-0.39, 0.29) is 0 Å². The van der Waals surface area contributed by atoms with Gasteiger partial charge < -0.3 is 5.11 Å². The second-order valence-corrected chi connectivity index (χ2v) is 6.54. The minimum atomic E-state index is -0.538. The molecule has 0 aromatic heterocycles. The van der Waals surface area contributed by atoms with Crippen LogP contribution in [0.1, 0.15) is 36.6 Å². The van der Waals surface area contributed by atoms with Gasteiger partial charge in [0.2, 0.25) is 0 Å². The SMILES string of the molecule is CC(C)Cc1cccc(C(O)c2ccc(I)cc2)c1. The van der Waals surface area contributed by atoms with Crippen molar-refractivity contribution in [3.8, 4) is 0 Å². The quantitative estimate of drug-likeness (QED) is 0.786. The van der Waals surface area contributed by atoms with E-state index in [1.165, 1.54) is 9.13 Å². The number of aliphatic hydroxyl groups excluding tert-OH is 1. The number of benzene rings is 2. The van der Waals surface area contributed by atoms with E-state index in [4.69, 9.17) is 0 Å². The summed E-state index contributed by atoms with van der Waals surface area (Å²) in [5.41, 5.74) is 3.21. The molecule has 2 aromatic carbocycles. The topological polar surface area (TPSA) is 20.2 Å². The fourth-order valence-corrected chi connectivity index (χ4v) is 2.56. The van der Waals surface area contributed by atoms with Gasteiger partial charge >= 0.3 is 0 Å². The first-order chi connectivity index (χ1) is 9.06. The summed E-state index contributed by atoms with van der Waals surface area (Å²) in [5.74, 6) is 0.630. The standard InChI is InChI=1S/C17H19IO/c1-12(2)10-13-4-3-5-15(11-13)17(19)14-6-8-16(18)9-7-14/h3-9,11-12,17,19H,10H2,1-2H3. The third-order valence-electron chi connectivity index (χ3n) is 3.10. The lowest BCUT2D eigenvalue weighted by Crippen LogP contribution is -2.01. The van der Waals surface area contributed by atoms with Crippen LogP contribution in [0.5, 0.6) is 0 Å². The van der Waals surface area contributed by atoms with E-state index in [1.54, 1.807) is 0 Å². The van der Waals surface area contributed by atoms with Crippen molar-refractivity contribution in [2.45, 2.75) is 26.4 Å². The van der Waals surface area contributed by atoms with Crippen molar-refractivity contribution in [1.29, 1.82) is 0 Å². The Bertz CT molecular complexity index is 531. The average molecular weight is 366 g/mol. The molecule has 0 aliphatic rings. The summed E-state index contributed by atoms with van der Waals surface area (Å²) < 4.78 is 1.18. The molecular formula is C17H19IO. The van der Waals surface area contributed by atoms with Crippen molar-refractivity contribution in [3.05, 3.63) is 68.8 Å². The van der Waals surface area contributed by atoms with Crippen LogP contribution in [0.15, 0.2) is 48.5 Å². The second-order valence-electron chi connectivity index (χ2n) is 5.30. The Labute approximate surface area is 128 Å². The molecule has 1 N–H and O–H groups in total. The number of halogens is 1. The number of hydrogen-bond acceptors (Lipinski definition) is 1. The molecule has 1 atom stereocenters. The molecule has 2 rings (SSSR count). The molecule has 0 heterocycles. The Morgan fingerprint density at radius 2 is 1.68 bits per heavy atom. The van der Waals surface area contributed by atoms with Crippen molar-refractivity contribution in [1.82, 2.24) is 0 Å². The maximum atomic E-state index is 10.4. The summed E-state index contributed by atoms with van der Waals surface area (Å²) >= 11 is 2.27. The molecule has 2 aromatic rings. The third kappa shape index (κ3) is 4.05. The summed E-state index contributed by atoms with van der Waals surface area (Å²) in [6.45, 7) is 4.42. The molecule has 0 saturated heterocycles. The van der Waals surface area contributed by atoms with Crippen LogP contribution in [0.4, 0.5) is 0 Å². The summed E-state index contributed by atoms with van der Waals surface area (Å²) in [6, 6.07) is 16.3. The Morgan fingerprint density at radius 3 is 2.32 bits per heavy atom. The van der Waals surface area contributed by atoms with Crippen molar-refractivity contribution in [2.75, 3.05) is 0 Å². The molecule has 100 valence electrons. The molecule has 2 heteroatoms. The minimum absolute atomic E-state index is 0.538. The monoisotopic (exact) mass is 366 g/mol. The molecule has 0 spiro atoms. The first-order valence-electron chi connectivity index (χ1n) is 6.58. The summed E-state index contributed by atoms with van der Waals surface area (Å²) in [5, 5.41) is 10.4. The van der Waals surface area contributed by atoms with Gasteiger partial charge in [-0.1, -0.05) is 50.2 Å². The van der Waals surface area contributed by atoms with Crippen LogP contribution in [0.25, 0.3) is 0 Å². The highest BCUT2D eigenvalue weighted by molar-refractivity contribution is 14.1. The number of aliphatic hydroxyl groups is 1. The van der Waals surface area contributed by atoms with Gasteiger partial charge in [-0.2, -0.15) is 0 Å². The summed E-state index contributed by atoms with van der Waals surface area (Å²) in [4.78, 5) is 0. The Hall–Kier alpha value is -0.870. The Balaban J connectivity index is 2.23. The molecule has 0 aliphatic heterocycles. The molecule has 0 bridgehead atoms. The third-order valence-corrected chi connectivity index (χ3v) is 3.82. The highest BCUT2D eigenvalue weighted by atomic mass is 127. The van der Waals surface area contributed by atoms with E-state index in [9.17, 15) is 5.11 Å². The Kier molecular flexibility index (Phi) is 4.99. The lowest BCUT2D eigenvalue weighted by molar-refractivity contribution is 0.220. The maximum Gasteiger partial charge on any atom is 0.104 e. The number of rotatable bonds is 4. The van der Waals surface area contributed by atoms with Crippen molar-refractivity contribution < 1.29 is 5.11 Å². The summed E-state index contributed by atoms with van der Waals surface area (Å²) in [6.07, 6.45) is 0.511. The van der Waals surface area contributed by atoms with Gasteiger partial charge in [-0.3, -0.25) is 0 Å². The van der Waals surface area contributed by atoms with Crippen molar-refractivity contribution >= 4 is 22.6 Å². The predicted molar refractivity (Wildman–Crippen MR) is 88.2 cm³/mol. The normalized spacial score (nSPS) is 12.7. The predicted octanol–water partition coefficient (Wildman–Crippen LogP) is 4.57. The van der Waals surface area contributed by atoms with Crippen LogP contribution in [0.3, 0.4) is 0 Å². The Morgan fingerprint density at radius 1 is 1.00 bits per heavy atom. The van der Waals surface area contributed by atoms with E-state index in [1.807, 2.05) is 36.4 Å². The minimum Gasteiger partial charge on any atom is -0.384 e. The molecule has 0 saturated carbocycles. The molecule has 0 amide bonds. The molecular weight excluding hydrogens is 347 g/mol. The van der Waals surface area contributed by atoms with E-state index in [2.05, 4.69) is 48.6 Å². The fourth-order valence-electron chi connectivity index (χ4n) is 2.20. The van der Waals surface area contributed by atoms with Crippen LogP contribution in [-0.2, 0) is 6.42 Å². The van der Waals surface area contributed by atoms with E-state index >= 15 is 0 Å². The molecule has 1 nitrogen and oxygen atoms in total. The van der Waals surface area contributed by atoms with Crippen molar-refractivity contribution in [3.63, 3.8) is 0 Å². The zero-order valence-corrected chi connectivity index (χ0v) is 13.5. The van der Waals surface area contributed by atoms with Crippen LogP contribution < -0.4 is 0 Å². The maximum absolute atomic E-state index is 10.4. The van der Waals surface area contributed by atoms with E-state index in [0.29, 0.717) is 5.92 Å². The van der Waals surface area contributed by atoms with Gasteiger partial charge in [-0.25, -0.2) is 0 Å². The van der Waals surface area contributed by atoms with Crippen molar-refractivity contribution in [2.24, 2.45) is 5.92 Å². The van der Waals surface area contributed by atoms with Gasteiger partial charge in [0.1, 0.15) is 6.10 Å². The van der Waals surface area contributed by atoms with Gasteiger partial charge in [-0.15, -0.1) is 0 Å². The van der Waals surface area contributed by atoms with Gasteiger partial charge in [0.25, 0.3) is 0 Å². The largest absolute Gasteiger partial charge is 0.384 e. The van der Waals surface area contributed by atoms with Gasteiger partial charge in [0, 0.05) is 3.57 Å². The molecule has 19 heavy (non-hydrogen) atoms. The van der Waals surface area contributed by atoms with Crippen LogP contribution in [0.2, 0.25) is 0 Å². The van der Waals surface area contributed by atoms with Crippen LogP contribution in [0, 0.1) is 9.49 Å². The fraction of sp³-hybridized carbons (Fsp3) is 0.294. The highest BCUT2D eigenvalue weighted by Gasteiger charge is 2.11. The second kappa shape index (κ2) is 6.53. The van der Waals surface area contributed by atoms with Gasteiger partial charge in [0.05, 0.1) is 0 Å². The van der Waals surface area contributed by atoms with Gasteiger partial charge in [-0.05, 0) is 63.8 Å². The first-order valence-corrected chi connectivity index (χ1v) is 7.66. The zero-order chi connectivity index (χ0) is 13.8. The zero-order valence-electron chi connectivity index (χ0n) is 11.3. The van der Waals surface area contributed by atoms with Crippen LogP contribution >= 0.6 is 22.6 Å². The molecule has 0 aliphatic carbocycles. The molecule has 0 fully saturated rings. The van der Waals surface area contributed by atoms with E-state index < -0.39 is 6.10 Å². The first kappa shape index (κ1) is 14.5.